The minimum Gasteiger partial charge on any atom is -0.481 e. The lowest BCUT2D eigenvalue weighted by Gasteiger charge is -2.27. The number of aliphatic hydroxyl groups excluding tert-OH is 3. The number of hydrogen-bond donors (Lipinski definition) is 14. The normalized spacial score (nSPS) is 16.7. The molecule has 24 heteroatoms. The van der Waals surface area contributed by atoms with Crippen LogP contribution in [0.3, 0.4) is 0 Å². The number of aliphatic hydroxyl groups is 3. The molecular formula is C28H47N9O15. The van der Waals surface area contributed by atoms with Crippen LogP contribution in [0, 0.1) is 0 Å². The number of rotatable bonds is 23. The largest absolute Gasteiger partial charge is 0.481 e. The first-order valence-corrected chi connectivity index (χ1v) is 15.5. The van der Waals surface area contributed by atoms with Crippen molar-refractivity contribution in [1.82, 2.24) is 31.9 Å². The Balaban J connectivity index is 5.94. The zero-order valence-corrected chi connectivity index (χ0v) is 28.7. The molecule has 0 saturated heterocycles. The monoisotopic (exact) mass is 749 g/mol. The van der Waals surface area contributed by atoms with E-state index in [9.17, 15) is 73.5 Å². The Labute approximate surface area is 295 Å². The van der Waals surface area contributed by atoms with Crippen LogP contribution in [-0.2, 0) is 47.9 Å². The van der Waals surface area contributed by atoms with Crippen LogP contribution in [0.4, 0.5) is 0 Å². The molecule has 0 aromatic rings. The summed E-state index contributed by atoms with van der Waals surface area (Å²) in [7, 11) is 0. The van der Waals surface area contributed by atoms with Gasteiger partial charge in [0.05, 0.1) is 31.2 Å². The molecule has 0 aliphatic rings. The maximum atomic E-state index is 13.1. The topological polar surface area (TPSA) is 422 Å². The number of hydrogen-bond acceptors (Lipinski definition) is 14. The summed E-state index contributed by atoms with van der Waals surface area (Å²) in [5.41, 5.74) is 15.6. The van der Waals surface area contributed by atoms with Crippen LogP contribution in [0.1, 0.15) is 53.4 Å². The van der Waals surface area contributed by atoms with Crippen LogP contribution in [0.2, 0.25) is 0 Å². The van der Waals surface area contributed by atoms with Crippen molar-refractivity contribution in [3.8, 4) is 0 Å². The van der Waals surface area contributed by atoms with E-state index in [0.717, 1.165) is 27.7 Å². The van der Waals surface area contributed by atoms with E-state index in [0.29, 0.717) is 0 Å². The SMILES string of the molecule is C[C@H](NC(=O)[C@@H](NC(=O)[C@H](CC(=O)O)NC(=O)[C@@H](N)[C@@H](C)O)[C@@H](C)O)C(=O)N[C@@H](CCC(N)=O)C(=O)N[C@H](C(=O)N[C@@H](CC(N)=O)C(=O)O)[C@@H](C)O. The summed E-state index contributed by atoms with van der Waals surface area (Å²) in [4.78, 5) is 122. The lowest BCUT2D eigenvalue weighted by atomic mass is 10.1. The molecule has 0 heterocycles. The number of amides is 8. The van der Waals surface area contributed by atoms with Gasteiger partial charge in [-0.1, -0.05) is 0 Å². The first-order chi connectivity index (χ1) is 23.9. The van der Waals surface area contributed by atoms with Crippen LogP contribution >= 0.6 is 0 Å². The Bertz CT molecular complexity index is 1360. The van der Waals surface area contributed by atoms with E-state index >= 15 is 0 Å². The highest BCUT2D eigenvalue weighted by atomic mass is 16.4. The number of aliphatic carboxylic acids is 2. The minimum atomic E-state index is -1.86. The molecular weight excluding hydrogens is 702 g/mol. The first-order valence-electron chi connectivity index (χ1n) is 15.5. The number of carboxylic acid groups (broad SMARTS) is 2. The standard InChI is InChI=1S/C28H47N9O15/c1-9(32-26(49)20(11(3)39)37-24(47)14(8-18(43)44)34-25(48)19(31)10(2)38)22(45)33-13(5-6-16(29)41)23(46)36-21(12(4)40)27(50)35-15(28(51)52)7-17(30)42/h9-15,19-21,38-40H,5-8,31H2,1-4H3,(H2,29,41)(H2,30,42)(H,32,49)(H,33,45)(H,34,48)(H,35,50)(H,36,46)(H,37,47)(H,43,44)(H,51,52)/t9-,10+,11+,12+,13-,14-,15-,19-,20-,21-/m0/s1. The van der Waals surface area contributed by atoms with Gasteiger partial charge in [0, 0.05) is 6.42 Å². The fourth-order valence-corrected chi connectivity index (χ4v) is 4.07. The summed E-state index contributed by atoms with van der Waals surface area (Å²) in [6, 6.07) is -12.2. The molecule has 17 N–H and O–H groups in total. The van der Waals surface area contributed by atoms with Crippen LogP contribution in [0.25, 0.3) is 0 Å². The summed E-state index contributed by atoms with van der Waals surface area (Å²) in [5.74, 6) is -12.4. The van der Waals surface area contributed by atoms with Gasteiger partial charge in [-0.2, -0.15) is 0 Å². The number of carbonyl (C=O) groups is 10. The van der Waals surface area contributed by atoms with E-state index in [1.165, 1.54) is 0 Å². The molecule has 24 nitrogen and oxygen atoms in total. The molecule has 52 heavy (non-hydrogen) atoms. The average molecular weight is 750 g/mol. The quantitative estimate of drug-likeness (QED) is 0.0461. The summed E-state index contributed by atoms with van der Waals surface area (Å²) in [6.07, 6.45) is -7.56. The highest BCUT2D eigenvalue weighted by Gasteiger charge is 2.36. The first kappa shape index (κ1) is 46.5. The van der Waals surface area contributed by atoms with Gasteiger partial charge in [0.1, 0.15) is 42.3 Å². The zero-order chi connectivity index (χ0) is 40.6. The van der Waals surface area contributed by atoms with Crippen LogP contribution in [-0.4, -0.2) is 145 Å². The Hall–Kier alpha value is -5.46. The van der Waals surface area contributed by atoms with Gasteiger partial charge >= 0.3 is 11.9 Å². The summed E-state index contributed by atoms with van der Waals surface area (Å²) < 4.78 is 0. The van der Waals surface area contributed by atoms with Gasteiger partial charge in [-0.05, 0) is 34.1 Å². The highest BCUT2D eigenvalue weighted by molar-refractivity contribution is 5.98. The Morgan fingerprint density at radius 3 is 1.37 bits per heavy atom. The van der Waals surface area contributed by atoms with Crippen molar-refractivity contribution in [3.05, 3.63) is 0 Å². The molecule has 0 bridgehead atoms. The molecule has 0 saturated carbocycles. The molecule has 10 atom stereocenters. The summed E-state index contributed by atoms with van der Waals surface area (Å²) in [5, 5.41) is 60.7. The van der Waals surface area contributed by atoms with Crippen LogP contribution in [0.15, 0.2) is 0 Å². The van der Waals surface area contributed by atoms with Crippen molar-refractivity contribution in [2.45, 2.75) is 114 Å². The van der Waals surface area contributed by atoms with E-state index in [4.69, 9.17) is 17.2 Å². The summed E-state index contributed by atoms with van der Waals surface area (Å²) in [6.45, 7) is 4.35. The van der Waals surface area contributed by atoms with E-state index in [-0.39, 0.29) is 0 Å². The number of nitrogens with two attached hydrogens (primary N) is 3. The molecule has 0 spiro atoms. The van der Waals surface area contributed by atoms with Gasteiger partial charge in [0.2, 0.25) is 47.3 Å². The Morgan fingerprint density at radius 1 is 0.519 bits per heavy atom. The van der Waals surface area contributed by atoms with Gasteiger partial charge in [-0.15, -0.1) is 0 Å². The van der Waals surface area contributed by atoms with Crippen molar-refractivity contribution in [2.24, 2.45) is 17.2 Å². The van der Waals surface area contributed by atoms with Gasteiger partial charge < -0.3 is 74.6 Å². The van der Waals surface area contributed by atoms with Gasteiger partial charge in [0.15, 0.2) is 0 Å². The van der Waals surface area contributed by atoms with E-state index < -0.39 is 145 Å². The minimum absolute atomic E-state index is 0.483. The van der Waals surface area contributed by atoms with Crippen molar-refractivity contribution < 1.29 is 73.5 Å². The van der Waals surface area contributed by atoms with Crippen molar-refractivity contribution in [1.29, 1.82) is 0 Å². The zero-order valence-electron chi connectivity index (χ0n) is 28.7. The van der Waals surface area contributed by atoms with E-state index in [1.54, 1.807) is 0 Å². The molecule has 0 aliphatic carbocycles. The van der Waals surface area contributed by atoms with Crippen LogP contribution < -0.4 is 49.1 Å². The van der Waals surface area contributed by atoms with Crippen LogP contribution in [0.5, 0.6) is 0 Å². The fraction of sp³-hybridized carbons (Fsp3) is 0.643. The smallest absolute Gasteiger partial charge is 0.326 e. The molecule has 294 valence electrons. The predicted octanol–water partition coefficient (Wildman–Crippen LogP) is -7.92. The second-order valence-corrected chi connectivity index (χ2v) is 11.7. The molecule has 0 rings (SSSR count). The molecule has 0 aromatic heterocycles. The average Bonchev–Trinajstić information content (AvgIpc) is 3.01. The third-order valence-electron chi connectivity index (χ3n) is 7.04. The third kappa shape index (κ3) is 16.5. The van der Waals surface area contributed by atoms with Crippen molar-refractivity contribution in [2.75, 3.05) is 0 Å². The molecule has 0 aromatic carbocycles. The van der Waals surface area contributed by atoms with Crippen molar-refractivity contribution in [3.63, 3.8) is 0 Å². The lowest BCUT2D eigenvalue weighted by molar-refractivity contribution is -0.144. The van der Waals surface area contributed by atoms with Gasteiger partial charge in [-0.25, -0.2) is 4.79 Å². The molecule has 0 fully saturated rings. The number of nitrogens with one attached hydrogen (secondary N) is 6. The second kappa shape index (κ2) is 21.7. The molecule has 0 unspecified atom stereocenters. The van der Waals surface area contributed by atoms with Crippen molar-refractivity contribution >= 4 is 59.2 Å². The summed E-state index contributed by atoms with van der Waals surface area (Å²) >= 11 is 0. The van der Waals surface area contributed by atoms with E-state index in [2.05, 4.69) is 21.3 Å². The molecule has 0 aliphatic heterocycles. The predicted molar refractivity (Wildman–Crippen MR) is 172 cm³/mol. The lowest BCUT2D eigenvalue weighted by Crippen LogP contribution is -2.62. The number of carboxylic acids is 2. The maximum Gasteiger partial charge on any atom is 0.326 e. The number of carbonyl (C=O) groups excluding carboxylic acids is 8. The Morgan fingerprint density at radius 2 is 0.962 bits per heavy atom. The Kier molecular flexibility index (Phi) is 19.4. The molecule has 8 amide bonds. The van der Waals surface area contributed by atoms with Gasteiger partial charge in [0.25, 0.3) is 0 Å². The number of primary amides is 2. The van der Waals surface area contributed by atoms with E-state index in [1.807, 2.05) is 10.6 Å². The van der Waals surface area contributed by atoms with Gasteiger partial charge in [-0.3, -0.25) is 43.2 Å². The molecule has 0 radical (unpaired) electrons. The second-order valence-electron chi connectivity index (χ2n) is 11.7. The maximum absolute atomic E-state index is 13.1. The third-order valence-corrected chi connectivity index (χ3v) is 7.04. The highest BCUT2D eigenvalue weighted by Crippen LogP contribution is 2.05. The fourth-order valence-electron chi connectivity index (χ4n) is 4.07.